The summed E-state index contributed by atoms with van der Waals surface area (Å²) < 4.78 is 17.7. The lowest BCUT2D eigenvalue weighted by Gasteiger charge is -2.15. The molecule has 2 heterocycles. The molecule has 0 N–H and O–H groups in total. The van der Waals surface area contributed by atoms with Gasteiger partial charge in [-0.1, -0.05) is 18.2 Å². The second kappa shape index (κ2) is 7.63. The van der Waals surface area contributed by atoms with Crippen molar-refractivity contribution in [2.24, 2.45) is 0 Å². The van der Waals surface area contributed by atoms with E-state index in [-0.39, 0.29) is 29.1 Å². The summed E-state index contributed by atoms with van der Waals surface area (Å²) in [4.78, 5) is 41.2. The number of nitro groups is 1. The Labute approximate surface area is 174 Å². The SMILES string of the molecule is CC(C)n1c(=O)c2c(ncn2Cc2cccc([N+](=O)[O-])c2)n(-c2cccc(F)c2)c1=O. The molecule has 0 saturated carbocycles. The van der Waals surface area contributed by atoms with Gasteiger partial charge in [0.1, 0.15) is 5.82 Å². The van der Waals surface area contributed by atoms with E-state index in [4.69, 9.17) is 0 Å². The molecule has 2 aromatic heterocycles. The fourth-order valence-electron chi connectivity index (χ4n) is 3.54. The summed E-state index contributed by atoms with van der Waals surface area (Å²) in [6, 6.07) is 11.1. The number of aromatic nitrogens is 4. The van der Waals surface area contributed by atoms with Crippen LogP contribution in [0, 0.1) is 15.9 Å². The van der Waals surface area contributed by atoms with Gasteiger partial charge >= 0.3 is 5.69 Å². The van der Waals surface area contributed by atoms with Crippen LogP contribution in [0.3, 0.4) is 0 Å². The summed E-state index contributed by atoms with van der Waals surface area (Å²) in [5.74, 6) is -0.532. The molecule has 0 fully saturated rings. The van der Waals surface area contributed by atoms with Crippen LogP contribution in [0.15, 0.2) is 64.4 Å². The summed E-state index contributed by atoms with van der Waals surface area (Å²) in [6.45, 7) is 3.53. The molecule has 4 rings (SSSR count). The first-order valence-electron chi connectivity index (χ1n) is 9.49. The van der Waals surface area contributed by atoms with Crippen LogP contribution in [0.4, 0.5) is 10.1 Å². The molecule has 0 aliphatic carbocycles. The van der Waals surface area contributed by atoms with Crippen molar-refractivity contribution in [3.05, 3.63) is 97.2 Å². The van der Waals surface area contributed by atoms with Gasteiger partial charge in [0.05, 0.1) is 16.9 Å². The number of imidazole rings is 1. The predicted octanol–water partition coefficient (Wildman–Crippen LogP) is 3.03. The molecule has 9 nitrogen and oxygen atoms in total. The van der Waals surface area contributed by atoms with E-state index in [0.29, 0.717) is 5.56 Å². The van der Waals surface area contributed by atoms with E-state index in [2.05, 4.69) is 4.98 Å². The van der Waals surface area contributed by atoms with Crippen molar-refractivity contribution in [1.82, 2.24) is 18.7 Å². The third-order valence-electron chi connectivity index (χ3n) is 4.91. The molecule has 0 unspecified atom stereocenters. The minimum absolute atomic E-state index is 0.0711. The van der Waals surface area contributed by atoms with Crippen molar-refractivity contribution in [3.8, 4) is 5.69 Å². The van der Waals surface area contributed by atoms with E-state index in [9.17, 15) is 24.1 Å². The highest BCUT2D eigenvalue weighted by Crippen LogP contribution is 2.18. The standard InChI is InChI=1S/C21H18FN5O4/c1-13(2)25-20(28)18-19(26(21(25)29)16-7-4-6-15(22)10-16)23-12-24(18)11-14-5-3-8-17(9-14)27(30)31/h3-10,12-13H,11H2,1-2H3. The van der Waals surface area contributed by atoms with E-state index < -0.39 is 28.0 Å². The average molecular weight is 423 g/mol. The number of fused-ring (bicyclic) bond motifs is 1. The summed E-state index contributed by atoms with van der Waals surface area (Å²) in [7, 11) is 0. The van der Waals surface area contributed by atoms with Gasteiger partial charge in [0.2, 0.25) is 0 Å². The van der Waals surface area contributed by atoms with Gasteiger partial charge in [-0.25, -0.2) is 18.7 Å². The quantitative estimate of drug-likeness (QED) is 0.362. The molecule has 0 aliphatic rings. The van der Waals surface area contributed by atoms with E-state index in [1.54, 1.807) is 32.0 Å². The monoisotopic (exact) mass is 423 g/mol. The molecular formula is C21H18FN5O4. The van der Waals surface area contributed by atoms with Gasteiger partial charge in [0, 0.05) is 24.7 Å². The van der Waals surface area contributed by atoms with E-state index in [0.717, 1.165) is 4.57 Å². The molecule has 0 radical (unpaired) electrons. The first-order valence-corrected chi connectivity index (χ1v) is 9.49. The van der Waals surface area contributed by atoms with Crippen LogP contribution in [-0.2, 0) is 6.54 Å². The van der Waals surface area contributed by atoms with E-state index in [1.165, 1.54) is 45.8 Å². The first kappa shape index (κ1) is 20.2. The lowest BCUT2D eigenvalue weighted by Crippen LogP contribution is -2.41. The number of benzene rings is 2. The fourth-order valence-corrected chi connectivity index (χ4v) is 3.54. The zero-order valence-corrected chi connectivity index (χ0v) is 16.7. The van der Waals surface area contributed by atoms with Gasteiger partial charge in [-0.2, -0.15) is 0 Å². The molecule has 31 heavy (non-hydrogen) atoms. The Morgan fingerprint density at radius 2 is 1.87 bits per heavy atom. The van der Waals surface area contributed by atoms with Gasteiger partial charge < -0.3 is 4.57 Å². The maximum absolute atomic E-state index is 13.9. The van der Waals surface area contributed by atoms with Gasteiger partial charge in [-0.05, 0) is 37.6 Å². The topological polar surface area (TPSA) is 105 Å². The van der Waals surface area contributed by atoms with Gasteiger partial charge in [-0.15, -0.1) is 0 Å². The van der Waals surface area contributed by atoms with Crippen LogP contribution >= 0.6 is 0 Å². The number of hydrogen-bond donors (Lipinski definition) is 0. The molecule has 0 atom stereocenters. The van der Waals surface area contributed by atoms with Gasteiger partial charge in [-0.3, -0.25) is 19.5 Å². The van der Waals surface area contributed by atoms with Crippen molar-refractivity contribution in [3.63, 3.8) is 0 Å². The van der Waals surface area contributed by atoms with Crippen LogP contribution in [0.5, 0.6) is 0 Å². The molecule has 0 aliphatic heterocycles. The van der Waals surface area contributed by atoms with Crippen LogP contribution in [0.1, 0.15) is 25.5 Å². The van der Waals surface area contributed by atoms with Crippen molar-refractivity contribution < 1.29 is 9.31 Å². The zero-order chi connectivity index (χ0) is 22.3. The van der Waals surface area contributed by atoms with E-state index >= 15 is 0 Å². The van der Waals surface area contributed by atoms with Crippen molar-refractivity contribution in [2.45, 2.75) is 26.4 Å². The molecule has 0 saturated heterocycles. The van der Waals surface area contributed by atoms with Crippen LogP contribution in [0.2, 0.25) is 0 Å². The molecular weight excluding hydrogens is 405 g/mol. The van der Waals surface area contributed by atoms with Gasteiger partial charge in [0.25, 0.3) is 11.2 Å². The third kappa shape index (κ3) is 3.52. The van der Waals surface area contributed by atoms with Crippen LogP contribution in [0.25, 0.3) is 16.9 Å². The Morgan fingerprint density at radius 3 is 2.55 bits per heavy atom. The lowest BCUT2D eigenvalue weighted by molar-refractivity contribution is -0.384. The molecule has 4 aromatic rings. The predicted molar refractivity (Wildman–Crippen MR) is 112 cm³/mol. The molecule has 0 amide bonds. The van der Waals surface area contributed by atoms with E-state index in [1.807, 2.05) is 0 Å². The maximum atomic E-state index is 13.9. The lowest BCUT2D eigenvalue weighted by atomic mass is 10.2. The second-order valence-electron chi connectivity index (χ2n) is 7.34. The highest BCUT2D eigenvalue weighted by atomic mass is 19.1. The zero-order valence-electron chi connectivity index (χ0n) is 16.7. The summed E-state index contributed by atoms with van der Waals surface area (Å²) >= 11 is 0. The van der Waals surface area contributed by atoms with Gasteiger partial charge in [0.15, 0.2) is 11.2 Å². The molecule has 0 bridgehead atoms. The minimum Gasteiger partial charge on any atom is -0.320 e. The Morgan fingerprint density at radius 1 is 1.13 bits per heavy atom. The fraction of sp³-hybridized carbons (Fsp3) is 0.190. The Hall–Kier alpha value is -4.08. The Kier molecular flexibility index (Phi) is 4.97. The van der Waals surface area contributed by atoms with Crippen molar-refractivity contribution in [2.75, 3.05) is 0 Å². The number of halogens is 1. The second-order valence-corrected chi connectivity index (χ2v) is 7.34. The largest absolute Gasteiger partial charge is 0.337 e. The summed E-state index contributed by atoms with van der Waals surface area (Å²) in [5.41, 5.74) is -0.174. The third-order valence-corrected chi connectivity index (χ3v) is 4.91. The highest BCUT2D eigenvalue weighted by molar-refractivity contribution is 5.72. The number of nitrogens with zero attached hydrogens (tertiary/aromatic N) is 5. The normalized spacial score (nSPS) is 11.4. The summed E-state index contributed by atoms with van der Waals surface area (Å²) in [5, 5.41) is 11.1. The molecule has 0 spiro atoms. The molecule has 10 heteroatoms. The number of nitro benzene ring substituents is 1. The Bertz CT molecular complexity index is 1430. The smallest absolute Gasteiger partial charge is 0.320 e. The molecule has 2 aromatic carbocycles. The number of non-ortho nitro benzene ring substituents is 1. The Balaban J connectivity index is 1.98. The van der Waals surface area contributed by atoms with Crippen molar-refractivity contribution >= 4 is 16.9 Å². The first-order chi connectivity index (χ1) is 14.8. The summed E-state index contributed by atoms with van der Waals surface area (Å²) in [6.07, 6.45) is 1.39. The highest BCUT2D eigenvalue weighted by Gasteiger charge is 2.21. The number of hydrogen-bond acceptors (Lipinski definition) is 5. The average Bonchev–Trinajstić information content (AvgIpc) is 3.11. The van der Waals surface area contributed by atoms with Crippen LogP contribution in [-0.4, -0.2) is 23.6 Å². The van der Waals surface area contributed by atoms with Crippen LogP contribution < -0.4 is 11.2 Å². The minimum atomic E-state index is -0.626. The van der Waals surface area contributed by atoms with Crippen molar-refractivity contribution in [1.29, 1.82) is 0 Å². The maximum Gasteiger partial charge on any atom is 0.337 e. The number of rotatable bonds is 5. The molecule has 158 valence electrons.